The van der Waals surface area contributed by atoms with Gasteiger partial charge in [-0.2, -0.15) is 0 Å². The van der Waals surface area contributed by atoms with Gasteiger partial charge in [-0.15, -0.1) is 0 Å². The number of furan rings is 1. The van der Waals surface area contributed by atoms with Gasteiger partial charge in [-0.25, -0.2) is 9.18 Å². The van der Waals surface area contributed by atoms with Gasteiger partial charge >= 0.3 is 6.09 Å². The van der Waals surface area contributed by atoms with Crippen LogP contribution >= 0.6 is 11.6 Å². The zero-order valence-electron chi connectivity index (χ0n) is 13.1. The summed E-state index contributed by atoms with van der Waals surface area (Å²) in [6, 6.07) is 7.48. The smallest absolute Gasteiger partial charge is 0.412 e. The molecule has 124 valence electrons. The molecule has 0 fully saturated rings. The predicted molar refractivity (Wildman–Crippen MR) is 87.3 cm³/mol. The molecule has 7 heteroatoms. The van der Waals surface area contributed by atoms with E-state index >= 15 is 0 Å². The zero-order valence-corrected chi connectivity index (χ0v) is 13.8. The number of carbonyl (C=O) groups is 1. The predicted octanol–water partition coefficient (Wildman–Crippen LogP) is 5.03. The summed E-state index contributed by atoms with van der Waals surface area (Å²) in [5, 5.41) is 5.71. The molecule has 1 aromatic heterocycles. The number of hydrogen-bond donors (Lipinski definition) is 2. The SMILES string of the molecule is CC(C)(C)OC(=O)Nc1ccc(F)c(NCc2ccc(Cl)o2)c1. The minimum absolute atomic E-state index is 0.228. The van der Waals surface area contributed by atoms with Crippen molar-refractivity contribution in [3.63, 3.8) is 0 Å². The van der Waals surface area contributed by atoms with Gasteiger partial charge in [0.2, 0.25) is 0 Å². The summed E-state index contributed by atoms with van der Waals surface area (Å²) < 4.78 is 24.2. The van der Waals surface area contributed by atoms with Crippen molar-refractivity contribution in [3.05, 3.63) is 47.1 Å². The van der Waals surface area contributed by atoms with Crippen LogP contribution in [0.5, 0.6) is 0 Å². The van der Waals surface area contributed by atoms with Gasteiger partial charge in [0, 0.05) is 5.69 Å². The second-order valence-electron chi connectivity index (χ2n) is 5.88. The molecule has 0 saturated carbocycles. The largest absolute Gasteiger partial charge is 0.448 e. The molecule has 1 aromatic carbocycles. The summed E-state index contributed by atoms with van der Waals surface area (Å²) >= 11 is 5.68. The molecule has 5 nitrogen and oxygen atoms in total. The molecule has 0 unspecified atom stereocenters. The zero-order chi connectivity index (χ0) is 17.0. The third kappa shape index (κ3) is 5.49. The first-order valence-electron chi connectivity index (χ1n) is 7.00. The number of amides is 1. The van der Waals surface area contributed by atoms with Gasteiger partial charge in [0.1, 0.15) is 17.2 Å². The van der Waals surface area contributed by atoms with Crippen LogP contribution in [0, 0.1) is 5.82 Å². The highest BCUT2D eigenvalue weighted by Crippen LogP contribution is 2.22. The Hall–Kier alpha value is -2.21. The molecule has 0 atom stereocenters. The average molecular weight is 341 g/mol. The molecule has 2 rings (SSSR count). The molecule has 1 heterocycles. The first-order valence-corrected chi connectivity index (χ1v) is 7.38. The highest BCUT2D eigenvalue weighted by atomic mass is 35.5. The van der Waals surface area contributed by atoms with Gasteiger partial charge in [-0.05, 0) is 62.7 Å². The highest BCUT2D eigenvalue weighted by Gasteiger charge is 2.16. The molecule has 1 amide bonds. The minimum Gasteiger partial charge on any atom is -0.448 e. The Morgan fingerprint density at radius 1 is 1.30 bits per heavy atom. The van der Waals surface area contributed by atoms with Crippen molar-refractivity contribution in [2.24, 2.45) is 0 Å². The maximum atomic E-state index is 13.8. The monoisotopic (exact) mass is 340 g/mol. The number of nitrogens with one attached hydrogen (secondary N) is 2. The van der Waals surface area contributed by atoms with Crippen molar-refractivity contribution < 1.29 is 18.3 Å². The molecular formula is C16H18ClFN2O3. The lowest BCUT2D eigenvalue weighted by Gasteiger charge is -2.20. The van der Waals surface area contributed by atoms with Gasteiger partial charge in [-0.3, -0.25) is 5.32 Å². The quantitative estimate of drug-likeness (QED) is 0.819. The molecule has 0 bridgehead atoms. The van der Waals surface area contributed by atoms with E-state index in [1.165, 1.54) is 18.2 Å². The van der Waals surface area contributed by atoms with Crippen LogP contribution < -0.4 is 10.6 Å². The number of anilines is 2. The first kappa shape index (κ1) is 17.1. The Bertz CT molecular complexity index is 695. The van der Waals surface area contributed by atoms with Crippen LogP contribution in [0.2, 0.25) is 5.22 Å². The summed E-state index contributed by atoms with van der Waals surface area (Å²) in [6.45, 7) is 5.55. The lowest BCUT2D eigenvalue weighted by molar-refractivity contribution is 0.0636. The van der Waals surface area contributed by atoms with Gasteiger partial charge in [-0.1, -0.05) is 0 Å². The molecule has 0 radical (unpaired) electrons. The summed E-state index contributed by atoms with van der Waals surface area (Å²) in [5.41, 5.74) is 0.0377. The van der Waals surface area contributed by atoms with E-state index in [1.807, 2.05) is 0 Å². The molecule has 0 aliphatic rings. The Kier molecular flexibility index (Phi) is 5.15. The Balaban J connectivity index is 2.02. The number of carbonyl (C=O) groups excluding carboxylic acids is 1. The normalized spacial score (nSPS) is 11.2. The fraction of sp³-hybridized carbons (Fsp3) is 0.312. The van der Waals surface area contributed by atoms with Crippen molar-refractivity contribution in [1.29, 1.82) is 0 Å². The maximum absolute atomic E-state index is 13.8. The van der Waals surface area contributed by atoms with E-state index in [2.05, 4.69) is 10.6 Å². The highest BCUT2D eigenvalue weighted by molar-refractivity contribution is 6.28. The van der Waals surface area contributed by atoms with Crippen LogP contribution in [-0.4, -0.2) is 11.7 Å². The molecule has 2 N–H and O–H groups in total. The van der Waals surface area contributed by atoms with Crippen molar-refractivity contribution in [1.82, 2.24) is 0 Å². The topological polar surface area (TPSA) is 63.5 Å². The second kappa shape index (κ2) is 6.91. The van der Waals surface area contributed by atoms with E-state index in [-0.39, 0.29) is 17.5 Å². The Morgan fingerprint density at radius 2 is 2.04 bits per heavy atom. The molecule has 23 heavy (non-hydrogen) atoms. The molecular weight excluding hydrogens is 323 g/mol. The number of halogens is 2. The number of benzene rings is 1. The lowest BCUT2D eigenvalue weighted by Crippen LogP contribution is -2.27. The first-order chi connectivity index (χ1) is 10.7. The van der Waals surface area contributed by atoms with E-state index in [4.69, 9.17) is 20.8 Å². The number of ether oxygens (including phenoxy) is 1. The average Bonchev–Trinajstić information content (AvgIpc) is 2.83. The number of hydrogen-bond acceptors (Lipinski definition) is 4. The van der Waals surface area contributed by atoms with E-state index in [0.717, 1.165) is 0 Å². The van der Waals surface area contributed by atoms with E-state index in [0.29, 0.717) is 11.4 Å². The van der Waals surface area contributed by atoms with Gasteiger partial charge in [0.05, 0.1) is 12.2 Å². The lowest BCUT2D eigenvalue weighted by atomic mass is 10.2. The van der Waals surface area contributed by atoms with Crippen molar-refractivity contribution in [3.8, 4) is 0 Å². The third-order valence-corrected chi connectivity index (χ3v) is 2.90. The van der Waals surface area contributed by atoms with E-state index < -0.39 is 17.5 Å². The van der Waals surface area contributed by atoms with Gasteiger partial charge in [0.25, 0.3) is 0 Å². The minimum atomic E-state index is -0.607. The van der Waals surface area contributed by atoms with Crippen molar-refractivity contribution in [2.75, 3.05) is 10.6 Å². The molecule has 0 saturated heterocycles. The Labute approximate surface area is 138 Å². The standard InChI is InChI=1S/C16H18ClFN2O3/c1-16(2,3)23-15(21)20-10-4-6-12(18)13(8-10)19-9-11-5-7-14(17)22-11/h4-8,19H,9H2,1-3H3,(H,20,21). The van der Waals surface area contributed by atoms with Crippen LogP contribution in [0.4, 0.5) is 20.6 Å². The molecule has 0 aliphatic carbocycles. The summed E-state index contributed by atoms with van der Waals surface area (Å²) in [6.07, 6.45) is -0.604. The van der Waals surface area contributed by atoms with Crippen molar-refractivity contribution in [2.45, 2.75) is 32.9 Å². The van der Waals surface area contributed by atoms with E-state index in [9.17, 15) is 9.18 Å². The van der Waals surface area contributed by atoms with Crippen LogP contribution in [0.3, 0.4) is 0 Å². The summed E-state index contributed by atoms with van der Waals surface area (Å²) in [5.74, 6) is 0.122. The fourth-order valence-electron chi connectivity index (χ4n) is 1.79. The molecule has 0 spiro atoms. The van der Waals surface area contributed by atoms with Gasteiger partial charge in [0.15, 0.2) is 5.22 Å². The van der Waals surface area contributed by atoms with Crippen LogP contribution in [-0.2, 0) is 11.3 Å². The fourth-order valence-corrected chi connectivity index (χ4v) is 1.95. The van der Waals surface area contributed by atoms with Crippen LogP contribution in [0.25, 0.3) is 0 Å². The van der Waals surface area contributed by atoms with Crippen LogP contribution in [0.15, 0.2) is 34.7 Å². The Morgan fingerprint density at radius 3 is 2.65 bits per heavy atom. The molecule has 0 aliphatic heterocycles. The summed E-state index contributed by atoms with van der Waals surface area (Å²) in [4.78, 5) is 11.7. The second-order valence-corrected chi connectivity index (χ2v) is 6.25. The van der Waals surface area contributed by atoms with Gasteiger partial charge < -0.3 is 14.5 Å². The summed E-state index contributed by atoms with van der Waals surface area (Å²) in [7, 11) is 0. The third-order valence-electron chi connectivity index (χ3n) is 2.69. The number of rotatable bonds is 4. The van der Waals surface area contributed by atoms with Crippen LogP contribution in [0.1, 0.15) is 26.5 Å². The molecule has 2 aromatic rings. The maximum Gasteiger partial charge on any atom is 0.412 e. The van der Waals surface area contributed by atoms with Crippen molar-refractivity contribution >= 4 is 29.1 Å². The van der Waals surface area contributed by atoms with E-state index in [1.54, 1.807) is 32.9 Å².